The van der Waals surface area contributed by atoms with Crippen molar-refractivity contribution in [2.75, 3.05) is 0 Å². The zero-order valence-electron chi connectivity index (χ0n) is 8.61. The first-order valence-electron chi connectivity index (χ1n) is 4.66. The van der Waals surface area contributed by atoms with Crippen LogP contribution in [0.3, 0.4) is 0 Å². The van der Waals surface area contributed by atoms with Crippen LogP contribution in [-0.4, -0.2) is 9.36 Å². The van der Waals surface area contributed by atoms with Gasteiger partial charge in [-0.2, -0.15) is 4.37 Å². The van der Waals surface area contributed by atoms with Crippen LogP contribution in [0.25, 0.3) is 0 Å². The van der Waals surface area contributed by atoms with Gasteiger partial charge in [-0.3, -0.25) is 0 Å². The van der Waals surface area contributed by atoms with E-state index in [1.807, 2.05) is 13.0 Å². The Morgan fingerprint density at radius 3 is 2.94 bits per heavy atom. The van der Waals surface area contributed by atoms with Gasteiger partial charge in [0, 0.05) is 6.54 Å². The lowest BCUT2D eigenvalue weighted by Crippen LogP contribution is -1.99. The molecular weight excluding hydrogens is 245 g/mol. The molecule has 1 aromatic heterocycles. The third-order valence-corrected chi connectivity index (χ3v) is 3.97. The fourth-order valence-corrected chi connectivity index (χ4v) is 2.97. The minimum atomic E-state index is -0.263. The number of aromatic nitrogens is 2. The van der Waals surface area contributed by atoms with Crippen LogP contribution in [0, 0.1) is 12.7 Å². The van der Waals surface area contributed by atoms with Crippen molar-refractivity contribution in [1.82, 2.24) is 9.36 Å². The third kappa shape index (κ3) is 2.40. The summed E-state index contributed by atoms with van der Waals surface area (Å²) in [5.74, 6) is 0.443. The number of aryl methyl sites for hydroxylation is 1. The maximum absolute atomic E-state index is 13.6. The quantitative estimate of drug-likeness (QED) is 0.916. The van der Waals surface area contributed by atoms with Crippen molar-refractivity contribution in [3.63, 3.8) is 0 Å². The summed E-state index contributed by atoms with van der Waals surface area (Å²) in [4.78, 5) is 4.73. The lowest BCUT2D eigenvalue weighted by atomic mass is 10.2. The highest BCUT2D eigenvalue weighted by Crippen LogP contribution is 2.33. The molecule has 0 atom stereocenters. The standard InChI is InChI=1S/C10H10FN3S2/c1-6-13-10(16-14-6)15-9-7(5-12)3-2-4-8(9)11/h2-4H,5,12H2,1H3. The molecule has 0 aliphatic rings. The van der Waals surface area contributed by atoms with E-state index in [-0.39, 0.29) is 5.82 Å². The minimum absolute atomic E-state index is 0.263. The molecule has 0 radical (unpaired) electrons. The molecule has 2 N–H and O–H groups in total. The summed E-state index contributed by atoms with van der Waals surface area (Å²) in [5, 5.41) is 0. The number of halogens is 1. The van der Waals surface area contributed by atoms with E-state index in [4.69, 9.17) is 5.73 Å². The molecule has 6 heteroatoms. The molecule has 0 saturated heterocycles. The van der Waals surface area contributed by atoms with E-state index in [1.54, 1.807) is 6.07 Å². The normalized spacial score (nSPS) is 10.7. The van der Waals surface area contributed by atoms with E-state index in [1.165, 1.54) is 29.4 Å². The van der Waals surface area contributed by atoms with Gasteiger partial charge in [-0.05, 0) is 30.1 Å². The number of nitrogens with zero attached hydrogens (tertiary/aromatic N) is 2. The molecule has 1 heterocycles. The Bertz CT molecular complexity index is 499. The van der Waals surface area contributed by atoms with Crippen molar-refractivity contribution in [3.8, 4) is 0 Å². The first-order valence-corrected chi connectivity index (χ1v) is 6.25. The first-order chi connectivity index (χ1) is 7.70. The maximum Gasteiger partial charge on any atom is 0.174 e. The van der Waals surface area contributed by atoms with E-state index >= 15 is 0 Å². The first kappa shape index (κ1) is 11.5. The maximum atomic E-state index is 13.6. The Morgan fingerprint density at radius 1 is 1.50 bits per heavy atom. The summed E-state index contributed by atoms with van der Waals surface area (Å²) in [5.41, 5.74) is 6.36. The molecule has 0 saturated carbocycles. The van der Waals surface area contributed by atoms with Crippen molar-refractivity contribution < 1.29 is 4.39 Å². The SMILES string of the molecule is Cc1nsc(Sc2c(F)cccc2CN)n1. The molecule has 0 fully saturated rings. The van der Waals surface area contributed by atoms with Crippen LogP contribution < -0.4 is 5.73 Å². The monoisotopic (exact) mass is 255 g/mol. The second-order valence-electron chi connectivity index (χ2n) is 3.14. The second kappa shape index (κ2) is 4.90. The van der Waals surface area contributed by atoms with E-state index in [2.05, 4.69) is 9.36 Å². The van der Waals surface area contributed by atoms with Crippen molar-refractivity contribution in [2.24, 2.45) is 5.73 Å². The van der Waals surface area contributed by atoms with Gasteiger partial charge < -0.3 is 5.73 Å². The Hall–Kier alpha value is -0.980. The molecular formula is C10H10FN3S2. The molecule has 0 aliphatic carbocycles. The van der Waals surface area contributed by atoms with Gasteiger partial charge in [-0.1, -0.05) is 23.9 Å². The summed E-state index contributed by atoms with van der Waals surface area (Å²) in [6.45, 7) is 2.13. The predicted octanol–water partition coefficient (Wildman–Crippen LogP) is 2.60. The van der Waals surface area contributed by atoms with Gasteiger partial charge in [0.05, 0.1) is 4.90 Å². The van der Waals surface area contributed by atoms with Gasteiger partial charge in [0.1, 0.15) is 11.6 Å². The number of rotatable bonds is 3. The Labute approximate surface area is 101 Å². The molecule has 2 aromatic rings. The van der Waals surface area contributed by atoms with Crippen molar-refractivity contribution in [1.29, 1.82) is 0 Å². The zero-order valence-corrected chi connectivity index (χ0v) is 10.2. The largest absolute Gasteiger partial charge is 0.326 e. The van der Waals surface area contributed by atoms with Crippen LogP contribution in [0.2, 0.25) is 0 Å². The predicted molar refractivity (Wildman–Crippen MR) is 63.1 cm³/mol. The van der Waals surface area contributed by atoms with Crippen LogP contribution in [0.15, 0.2) is 27.4 Å². The van der Waals surface area contributed by atoms with Crippen molar-refractivity contribution >= 4 is 23.3 Å². The van der Waals surface area contributed by atoms with Gasteiger partial charge in [0.25, 0.3) is 0 Å². The zero-order chi connectivity index (χ0) is 11.5. The van der Waals surface area contributed by atoms with Crippen LogP contribution in [0.4, 0.5) is 4.39 Å². The minimum Gasteiger partial charge on any atom is -0.326 e. The molecule has 84 valence electrons. The third-order valence-electron chi connectivity index (χ3n) is 1.97. The molecule has 3 nitrogen and oxygen atoms in total. The van der Waals surface area contributed by atoms with Gasteiger partial charge in [-0.15, -0.1) is 0 Å². The van der Waals surface area contributed by atoms with Gasteiger partial charge in [0.2, 0.25) is 0 Å². The molecule has 1 aromatic carbocycles. The highest BCUT2D eigenvalue weighted by atomic mass is 32.2. The molecule has 0 spiro atoms. The smallest absolute Gasteiger partial charge is 0.174 e. The fourth-order valence-electron chi connectivity index (χ4n) is 1.24. The number of nitrogens with two attached hydrogens (primary N) is 1. The van der Waals surface area contributed by atoms with Crippen LogP contribution in [0.1, 0.15) is 11.4 Å². The summed E-state index contributed by atoms with van der Waals surface area (Å²) in [6, 6.07) is 4.90. The molecule has 0 bridgehead atoms. The van der Waals surface area contributed by atoms with Crippen molar-refractivity contribution in [2.45, 2.75) is 22.7 Å². The average Bonchev–Trinajstić information content (AvgIpc) is 2.67. The summed E-state index contributed by atoms with van der Waals surface area (Å²) < 4.78 is 18.4. The molecule has 0 unspecified atom stereocenters. The van der Waals surface area contributed by atoms with E-state index in [0.29, 0.717) is 17.3 Å². The van der Waals surface area contributed by atoms with Gasteiger partial charge in [0.15, 0.2) is 4.34 Å². The van der Waals surface area contributed by atoms with E-state index in [0.717, 1.165) is 9.90 Å². The fraction of sp³-hybridized carbons (Fsp3) is 0.200. The highest BCUT2D eigenvalue weighted by Gasteiger charge is 2.11. The highest BCUT2D eigenvalue weighted by molar-refractivity contribution is 8.01. The molecule has 0 aliphatic heterocycles. The lowest BCUT2D eigenvalue weighted by Gasteiger charge is -2.05. The van der Waals surface area contributed by atoms with Crippen molar-refractivity contribution in [3.05, 3.63) is 35.4 Å². The average molecular weight is 255 g/mol. The number of benzene rings is 1. The lowest BCUT2D eigenvalue weighted by molar-refractivity contribution is 0.597. The molecule has 16 heavy (non-hydrogen) atoms. The molecule has 2 rings (SSSR count). The van der Waals surface area contributed by atoms with E-state index in [9.17, 15) is 4.39 Å². The summed E-state index contributed by atoms with van der Waals surface area (Å²) >= 11 is 2.54. The van der Waals surface area contributed by atoms with Crippen LogP contribution in [0.5, 0.6) is 0 Å². The van der Waals surface area contributed by atoms with Crippen LogP contribution >= 0.6 is 23.3 Å². The summed E-state index contributed by atoms with van der Waals surface area (Å²) in [6.07, 6.45) is 0. The Kier molecular flexibility index (Phi) is 3.52. The summed E-state index contributed by atoms with van der Waals surface area (Å²) in [7, 11) is 0. The Morgan fingerprint density at radius 2 is 2.31 bits per heavy atom. The topological polar surface area (TPSA) is 51.8 Å². The number of hydrogen-bond acceptors (Lipinski definition) is 5. The number of hydrogen-bond donors (Lipinski definition) is 1. The second-order valence-corrected chi connectivity index (χ2v) is 5.15. The van der Waals surface area contributed by atoms with Gasteiger partial charge in [-0.25, -0.2) is 9.37 Å². The molecule has 0 amide bonds. The van der Waals surface area contributed by atoms with Crippen LogP contribution in [-0.2, 0) is 6.54 Å². The van der Waals surface area contributed by atoms with Gasteiger partial charge >= 0.3 is 0 Å². The Balaban J connectivity index is 2.33. The van der Waals surface area contributed by atoms with E-state index < -0.39 is 0 Å².